The molecule has 3 rings (SSSR count). The summed E-state index contributed by atoms with van der Waals surface area (Å²) in [6.45, 7) is 0. The van der Waals surface area contributed by atoms with E-state index in [1.54, 1.807) is 17.5 Å². The van der Waals surface area contributed by atoms with E-state index in [-0.39, 0.29) is 5.91 Å². The smallest absolute Gasteiger partial charge is 0.260 e. The minimum Gasteiger partial charge on any atom is -0.298 e. The first-order valence-electron chi connectivity index (χ1n) is 6.66. The van der Waals surface area contributed by atoms with E-state index < -0.39 is 0 Å². The average Bonchev–Trinajstić information content (AvgIpc) is 3.05. The van der Waals surface area contributed by atoms with Crippen LogP contribution in [0, 0.1) is 0 Å². The summed E-state index contributed by atoms with van der Waals surface area (Å²) in [5.74, 6) is -0.319. The minimum absolute atomic E-state index is 0.319. The molecule has 0 saturated carbocycles. The zero-order chi connectivity index (χ0) is 17.1. The fourth-order valence-electron chi connectivity index (χ4n) is 1.86. The van der Waals surface area contributed by atoms with E-state index in [1.165, 1.54) is 35.5 Å². The van der Waals surface area contributed by atoms with Crippen molar-refractivity contribution in [2.24, 2.45) is 0 Å². The maximum atomic E-state index is 12.2. The standard InChI is InChI=1S/C15H10Cl2N4OS2/c1-23-14-18-5-8(6-19-14)13(22)21-15-20-11(7-24-15)9-3-2-4-10(16)12(9)17/h2-7H,1H3,(H,20,21,22). The number of nitrogens with zero attached hydrogens (tertiary/aromatic N) is 3. The molecule has 0 atom stereocenters. The van der Waals surface area contributed by atoms with Crippen LogP contribution in [-0.4, -0.2) is 27.1 Å². The van der Waals surface area contributed by atoms with E-state index in [2.05, 4.69) is 20.3 Å². The van der Waals surface area contributed by atoms with Crippen molar-refractivity contribution in [1.29, 1.82) is 0 Å². The van der Waals surface area contributed by atoms with E-state index >= 15 is 0 Å². The van der Waals surface area contributed by atoms with Gasteiger partial charge in [-0.05, 0) is 12.3 Å². The van der Waals surface area contributed by atoms with Crippen molar-refractivity contribution >= 4 is 57.3 Å². The number of hydrogen-bond donors (Lipinski definition) is 1. The van der Waals surface area contributed by atoms with Crippen LogP contribution in [0.1, 0.15) is 10.4 Å². The predicted molar refractivity (Wildman–Crippen MR) is 99.3 cm³/mol. The van der Waals surface area contributed by atoms with E-state index in [9.17, 15) is 4.79 Å². The largest absolute Gasteiger partial charge is 0.298 e. The average molecular weight is 397 g/mol. The Morgan fingerprint density at radius 3 is 2.71 bits per heavy atom. The second-order valence-corrected chi connectivity index (χ2v) is 6.97. The van der Waals surface area contributed by atoms with Gasteiger partial charge in [0, 0.05) is 23.3 Å². The Morgan fingerprint density at radius 1 is 1.25 bits per heavy atom. The first-order chi connectivity index (χ1) is 11.6. The molecule has 0 aliphatic rings. The van der Waals surface area contributed by atoms with Crippen LogP contribution < -0.4 is 5.32 Å². The topological polar surface area (TPSA) is 67.8 Å². The first kappa shape index (κ1) is 17.2. The predicted octanol–water partition coefficient (Wildman–Crippen LogP) is 4.88. The second-order valence-electron chi connectivity index (χ2n) is 4.55. The molecule has 0 radical (unpaired) electrons. The number of carbonyl (C=O) groups excluding carboxylic acids is 1. The Hall–Kier alpha value is -1.67. The van der Waals surface area contributed by atoms with Gasteiger partial charge in [0.25, 0.3) is 5.91 Å². The molecule has 24 heavy (non-hydrogen) atoms. The van der Waals surface area contributed by atoms with Gasteiger partial charge < -0.3 is 0 Å². The van der Waals surface area contributed by atoms with E-state index in [0.717, 1.165) is 0 Å². The van der Waals surface area contributed by atoms with Gasteiger partial charge >= 0.3 is 0 Å². The molecule has 3 aromatic rings. The van der Waals surface area contributed by atoms with Crippen LogP contribution in [0.5, 0.6) is 0 Å². The molecule has 0 spiro atoms. The Kier molecular flexibility index (Phi) is 5.35. The third-order valence-corrected chi connectivity index (χ3v) is 5.18. The van der Waals surface area contributed by atoms with Crippen LogP contribution in [0.15, 0.2) is 41.1 Å². The van der Waals surface area contributed by atoms with E-state index in [1.807, 2.05) is 12.3 Å². The summed E-state index contributed by atoms with van der Waals surface area (Å²) in [5.41, 5.74) is 1.73. The summed E-state index contributed by atoms with van der Waals surface area (Å²) in [6, 6.07) is 5.33. The molecule has 0 unspecified atom stereocenters. The minimum atomic E-state index is -0.319. The van der Waals surface area contributed by atoms with Crippen molar-refractivity contribution in [2.45, 2.75) is 5.16 Å². The quantitative estimate of drug-likeness (QED) is 0.502. The van der Waals surface area contributed by atoms with Gasteiger partial charge in [-0.15, -0.1) is 11.3 Å². The lowest BCUT2D eigenvalue weighted by Crippen LogP contribution is -2.12. The van der Waals surface area contributed by atoms with Crippen LogP contribution in [0.25, 0.3) is 11.3 Å². The molecule has 1 amide bonds. The molecule has 0 aliphatic heterocycles. The zero-order valence-corrected chi connectivity index (χ0v) is 15.4. The summed E-state index contributed by atoms with van der Waals surface area (Å²) in [7, 11) is 0. The molecule has 0 bridgehead atoms. The van der Waals surface area contributed by atoms with Crippen molar-refractivity contribution in [3.8, 4) is 11.3 Å². The van der Waals surface area contributed by atoms with Crippen molar-refractivity contribution in [1.82, 2.24) is 15.0 Å². The third kappa shape index (κ3) is 3.70. The zero-order valence-electron chi connectivity index (χ0n) is 12.3. The Morgan fingerprint density at radius 2 is 2.00 bits per heavy atom. The SMILES string of the molecule is CSc1ncc(C(=O)Nc2nc(-c3cccc(Cl)c3Cl)cs2)cn1. The number of thioether (sulfide) groups is 1. The maximum absolute atomic E-state index is 12.2. The van der Waals surface area contributed by atoms with Gasteiger partial charge in [0.05, 0.1) is 21.3 Å². The lowest BCUT2D eigenvalue weighted by molar-refractivity contribution is 0.102. The number of anilines is 1. The number of halogens is 2. The van der Waals surface area contributed by atoms with Crippen LogP contribution >= 0.6 is 46.3 Å². The highest BCUT2D eigenvalue weighted by Crippen LogP contribution is 2.34. The van der Waals surface area contributed by atoms with Gasteiger partial charge in [0.1, 0.15) is 0 Å². The summed E-state index contributed by atoms with van der Waals surface area (Å²) >= 11 is 14.9. The van der Waals surface area contributed by atoms with Crippen molar-refractivity contribution < 1.29 is 4.79 Å². The van der Waals surface area contributed by atoms with Crippen molar-refractivity contribution in [3.05, 3.63) is 51.6 Å². The number of rotatable bonds is 4. The van der Waals surface area contributed by atoms with Crippen molar-refractivity contribution in [2.75, 3.05) is 11.6 Å². The molecule has 122 valence electrons. The van der Waals surface area contributed by atoms with E-state index in [0.29, 0.717) is 37.2 Å². The molecule has 1 aromatic carbocycles. The molecule has 2 aromatic heterocycles. The molecular weight excluding hydrogens is 387 g/mol. The number of benzene rings is 1. The van der Waals surface area contributed by atoms with Gasteiger partial charge in [0.2, 0.25) is 0 Å². The van der Waals surface area contributed by atoms with Crippen LogP contribution in [0.4, 0.5) is 5.13 Å². The molecule has 0 fully saturated rings. The summed E-state index contributed by atoms with van der Waals surface area (Å²) < 4.78 is 0. The van der Waals surface area contributed by atoms with Crippen LogP contribution in [0.2, 0.25) is 10.0 Å². The Labute approximate surface area is 156 Å². The summed E-state index contributed by atoms with van der Waals surface area (Å²) in [4.78, 5) is 24.7. The van der Waals surface area contributed by atoms with Gasteiger partial charge in [-0.25, -0.2) is 15.0 Å². The highest BCUT2D eigenvalue weighted by molar-refractivity contribution is 7.98. The second kappa shape index (κ2) is 7.48. The van der Waals surface area contributed by atoms with Gasteiger partial charge in [-0.1, -0.05) is 47.1 Å². The Bertz CT molecular complexity index is 883. The highest BCUT2D eigenvalue weighted by atomic mass is 35.5. The molecule has 9 heteroatoms. The number of amides is 1. The van der Waals surface area contributed by atoms with E-state index in [4.69, 9.17) is 23.2 Å². The lowest BCUT2D eigenvalue weighted by atomic mass is 10.2. The van der Waals surface area contributed by atoms with Gasteiger partial charge in [-0.2, -0.15) is 0 Å². The fraction of sp³-hybridized carbons (Fsp3) is 0.0667. The van der Waals surface area contributed by atoms with Crippen molar-refractivity contribution in [3.63, 3.8) is 0 Å². The van der Waals surface area contributed by atoms with Crippen LogP contribution in [-0.2, 0) is 0 Å². The summed E-state index contributed by atoms with van der Waals surface area (Å²) in [6.07, 6.45) is 4.83. The number of carbonyl (C=O) groups is 1. The fourth-order valence-corrected chi connectivity index (χ4v) is 3.28. The normalized spacial score (nSPS) is 10.6. The Balaban J connectivity index is 1.78. The first-order valence-corrected chi connectivity index (χ1v) is 9.52. The summed E-state index contributed by atoms with van der Waals surface area (Å²) in [5, 5.41) is 6.49. The molecular formula is C15H10Cl2N4OS2. The molecule has 0 saturated heterocycles. The lowest BCUT2D eigenvalue weighted by Gasteiger charge is -2.03. The molecule has 0 aliphatic carbocycles. The van der Waals surface area contributed by atoms with Crippen LogP contribution in [0.3, 0.4) is 0 Å². The molecule has 5 nitrogen and oxygen atoms in total. The number of nitrogens with one attached hydrogen (secondary N) is 1. The molecule has 2 heterocycles. The van der Waals surface area contributed by atoms with Gasteiger partial charge in [-0.3, -0.25) is 10.1 Å². The van der Waals surface area contributed by atoms with Gasteiger partial charge in [0.15, 0.2) is 10.3 Å². The third-order valence-electron chi connectivity index (χ3n) is 3.03. The number of aromatic nitrogens is 3. The molecule has 1 N–H and O–H groups in total. The monoisotopic (exact) mass is 396 g/mol. The highest BCUT2D eigenvalue weighted by Gasteiger charge is 2.13. The number of hydrogen-bond acceptors (Lipinski definition) is 6. The maximum Gasteiger partial charge on any atom is 0.260 e. The number of thiazole rings is 1.